The van der Waals surface area contributed by atoms with Gasteiger partial charge in [0.15, 0.2) is 5.58 Å². The minimum atomic E-state index is -0.434. The van der Waals surface area contributed by atoms with E-state index in [1.54, 1.807) is 18.2 Å². The van der Waals surface area contributed by atoms with Crippen molar-refractivity contribution in [3.05, 3.63) is 69.4 Å². The first-order chi connectivity index (χ1) is 11.1. The highest BCUT2D eigenvalue weighted by Crippen LogP contribution is 2.20. The molecule has 0 radical (unpaired) electrons. The molecule has 0 saturated heterocycles. The van der Waals surface area contributed by atoms with Crippen LogP contribution in [0.4, 0.5) is 0 Å². The van der Waals surface area contributed by atoms with Crippen LogP contribution < -0.4 is 5.76 Å². The van der Waals surface area contributed by atoms with E-state index in [1.165, 1.54) is 4.57 Å². The number of benzene rings is 2. The predicted molar refractivity (Wildman–Crippen MR) is 88.9 cm³/mol. The average molecular weight is 326 g/mol. The summed E-state index contributed by atoms with van der Waals surface area (Å²) in [4.78, 5) is 21.3. The molecule has 0 aliphatic carbocycles. The highest BCUT2D eigenvalue weighted by Gasteiger charge is 2.13. The summed E-state index contributed by atoms with van der Waals surface area (Å²) in [5.74, 6) is -0.434. The zero-order chi connectivity index (χ0) is 16.0. The van der Waals surface area contributed by atoms with Gasteiger partial charge in [0, 0.05) is 5.02 Å². The fourth-order valence-electron chi connectivity index (χ4n) is 2.61. The molecule has 0 bridgehead atoms. The van der Waals surface area contributed by atoms with E-state index in [-0.39, 0.29) is 6.54 Å². The van der Waals surface area contributed by atoms with Crippen molar-refractivity contribution >= 4 is 33.7 Å². The molecule has 4 rings (SSSR count). The lowest BCUT2D eigenvalue weighted by Crippen LogP contribution is -2.16. The van der Waals surface area contributed by atoms with E-state index >= 15 is 0 Å². The number of rotatable bonds is 2. The maximum absolute atomic E-state index is 12.1. The van der Waals surface area contributed by atoms with Gasteiger partial charge in [-0.25, -0.2) is 14.8 Å². The largest absolute Gasteiger partial charge is 0.420 e. The first-order valence-corrected chi connectivity index (χ1v) is 7.51. The van der Waals surface area contributed by atoms with Gasteiger partial charge in [0.2, 0.25) is 0 Å². The SMILES string of the molecule is Cc1nc2ccccc2nc1Cn1c(=O)oc2ccc(Cl)cc21. The molecule has 2 aromatic carbocycles. The molecule has 0 atom stereocenters. The number of halogens is 1. The quantitative estimate of drug-likeness (QED) is 0.565. The Kier molecular flexibility index (Phi) is 3.16. The number of fused-ring (bicyclic) bond motifs is 2. The van der Waals surface area contributed by atoms with Gasteiger partial charge < -0.3 is 4.42 Å². The van der Waals surface area contributed by atoms with Gasteiger partial charge in [-0.05, 0) is 37.3 Å². The molecule has 0 fully saturated rings. The van der Waals surface area contributed by atoms with Crippen LogP contribution in [0.1, 0.15) is 11.4 Å². The molecule has 5 nitrogen and oxygen atoms in total. The van der Waals surface area contributed by atoms with E-state index in [9.17, 15) is 4.79 Å². The van der Waals surface area contributed by atoms with Crippen LogP contribution in [0, 0.1) is 6.92 Å². The van der Waals surface area contributed by atoms with Crippen LogP contribution in [-0.2, 0) is 6.54 Å². The highest BCUT2D eigenvalue weighted by molar-refractivity contribution is 6.31. The van der Waals surface area contributed by atoms with Crippen LogP contribution >= 0.6 is 11.6 Å². The van der Waals surface area contributed by atoms with Gasteiger partial charge >= 0.3 is 5.76 Å². The Bertz CT molecular complexity index is 1100. The molecular weight excluding hydrogens is 314 g/mol. The summed E-state index contributed by atoms with van der Waals surface area (Å²) < 4.78 is 6.78. The van der Waals surface area contributed by atoms with Crippen molar-refractivity contribution in [2.24, 2.45) is 0 Å². The number of oxazole rings is 1. The van der Waals surface area contributed by atoms with Crippen LogP contribution in [0.25, 0.3) is 22.1 Å². The van der Waals surface area contributed by atoms with Crippen molar-refractivity contribution < 1.29 is 4.42 Å². The molecule has 4 aromatic rings. The van der Waals surface area contributed by atoms with Gasteiger partial charge in [0.1, 0.15) is 0 Å². The lowest BCUT2D eigenvalue weighted by Gasteiger charge is -2.07. The smallest absolute Gasteiger partial charge is 0.408 e. The Morgan fingerprint density at radius 2 is 1.87 bits per heavy atom. The summed E-state index contributed by atoms with van der Waals surface area (Å²) in [5.41, 5.74) is 4.30. The third-order valence-electron chi connectivity index (χ3n) is 3.78. The van der Waals surface area contributed by atoms with Gasteiger partial charge in [-0.2, -0.15) is 0 Å². The molecule has 23 heavy (non-hydrogen) atoms. The zero-order valence-corrected chi connectivity index (χ0v) is 13.0. The summed E-state index contributed by atoms with van der Waals surface area (Å²) in [6.07, 6.45) is 0. The van der Waals surface area contributed by atoms with Crippen molar-refractivity contribution in [2.45, 2.75) is 13.5 Å². The molecule has 0 amide bonds. The van der Waals surface area contributed by atoms with Gasteiger partial charge in [0.25, 0.3) is 0 Å². The molecule has 0 saturated carbocycles. The number of para-hydroxylation sites is 2. The normalized spacial score (nSPS) is 11.4. The fraction of sp³-hybridized carbons (Fsp3) is 0.118. The monoisotopic (exact) mass is 325 g/mol. The van der Waals surface area contributed by atoms with E-state index in [1.807, 2.05) is 31.2 Å². The molecule has 114 valence electrons. The average Bonchev–Trinajstić information content (AvgIpc) is 2.83. The third-order valence-corrected chi connectivity index (χ3v) is 4.02. The lowest BCUT2D eigenvalue weighted by molar-refractivity contribution is 0.515. The van der Waals surface area contributed by atoms with Gasteiger partial charge in [0.05, 0.1) is 34.5 Å². The topological polar surface area (TPSA) is 60.9 Å². The van der Waals surface area contributed by atoms with E-state index in [2.05, 4.69) is 9.97 Å². The molecule has 6 heteroatoms. The zero-order valence-electron chi connectivity index (χ0n) is 12.3. The molecule has 0 unspecified atom stereocenters. The summed E-state index contributed by atoms with van der Waals surface area (Å²) >= 11 is 6.03. The fourth-order valence-corrected chi connectivity index (χ4v) is 2.78. The Morgan fingerprint density at radius 1 is 1.13 bits per heavy atom. The standard InChI is InChI=1S/C17H12ClN3O2/c1-10-14(20-13-5-3-2-4-12(13)19-10)9-21-15-8-11(18)6-7-16(15)23-17(21)22/h2-8H,9H2,1H3. The van der Waals surface area contributed by atoms with E-state index in [0.29, 0.717) is 16.1 Å². The number of aryl methyl sites for hydroxylation is 1. The molecular formula is C17H12ClN3O2. The molecule has 0 spiro atoms. The molecule has 2 aromatic heterocycles. The Hall–Kier alpha value is -2.66. The Labute approximate surface area is 136 Å². The van der Waals surface area contributed by atoms with Gasteiger partial charge in [-0.3, -0.25) is 4.57 Å². The van der Waals surface area contributed by atoms with Crippen molar-refractivity contribution in [2.75, 3.05) is 0 Å². The van der Waals surface area contributed by atoms with Crippen molar-refractivity contribution in [1.82, 2.24) is 14.5 Å². The minimum absolute atomic E-state index is 0.288. The highest BCUT2D eigenvalue weighted by atomic mass is 35.5. The second-order valence-corrected chi connectivity index (χ2v) is 5.75. The van der Waals surface area contributed by atoms with Gasteiger partial charge in [-0.1, -0.05) is 23.7 Å². The van der Waals surface area contributed by atoms with Crippen molar-refractivity contribution in [3.63, 3.8) is 0 Å². The van der Waals surface area contributed by atoms with Crippen LogP contribution in [0.3, 0.4) is 0 Å². The van der Waals surface area contributed by atoms with Gasteiger partial charge in [-0.15, -0.1) is 0 Å². The van der Waals surface area contributed by atoms with Crippen LogP contribution in [0.15, 0.2) is 51.7 Å². The number of hydrogen-bond acceptors (Lipinski definition) is 4. The van der Waals surface area contributed by atoms with Crippen LogP contribution in [-0.4, -0.2) is 14.5 Å². The van der Waals surface area contributed by atoms with E-state index in [4.69, 9.17) is 16.0 Å². The minimum Gasteiger partial charge on any atom is -0.408 e. The van der Waals surface area contributed by atoms with Crippen LogP contribution in [0.5, 0.6) is 0 Å². The molecule has 2 heterocycles. The summed E-state index contributed by atoms with van der Waals surface area (Å²) in [6.45, 7) is 2.17. The lowest BCUT2D eigenvalue weighted by atomic mass is 10.2. The van der Waals surface area contributed by atoms with Crippen molar-refractivity contribution in [3.8, 4) is 0 Å². The van der Waals surface area contributed by atoms with E-state index in [0.717, 1.165) is 22.4 Å². The first-order valence-electron chi connectivity index (χ1n) is 7.13. The van der Waals surface area contributed by atoms with E-state index < -0.39 is 5.76 Å². The number of hydrogen-bond donors (Lipinski definition) is 0. The maximum Gasteiger partial charge on any atom is 0.420 e. The summed E-state index contributed by atoms with van der Waals surface area (Å²) in [5, 5.41) is 0.549. The Balaban J connectivity index is 1.88. The maximum atomic E-state index is 12.1. The summed E-state index contributed by atoms with van der Waals surface area (Å²) in [7, 11) is 0. The summed E-state index contributed by atoms with van der Waals surface area (Å²) in [6, 6.07) is 12.7. The van der Waals surface area contributed by atoms with Crippen LogP contribution in [0.2, 0.25) is 5.02 Å². The molecule has 0 N–H and O–H groups in total. The second-order valence-electron chi connectivity index (χ2n) is 5.31. The molecule has 0 aliphatic rings. The molecule has 0 aliphatic heterocycles. The first kappa shape index (κ1) is 14.0. The van der Waals surface area contributed by atoms with Crippen molar-refractivity contribution in [1.29, 1.82) is 0 Å². The predicted octanol–water partition coefficient (Wildman–Crippen LogP) is 3.55. The number of nitrogens with zero attached hydrogens (tertiary/aromatic N) is 3. The Morgan fingerprint density at radius 3 is 2.65 bits per heavy atom. The third kappa shape index (κ3) is 2.39. The number of aromatic nitrogens is 3. The second kappa shape index (κ2) is 5.21.